The molecule has 4 heteroatoms. The summed E-state index contributed by atoms with van der Waals surface area (Å²) in [5.74, 6) is -0.218. The van der Waals surface area contributed by atoms with Gasteiger partial charge in [0, 0.05) is 29.4 Å². The zero-order valence-corrected chi connectivity index (χ0v) is 12.7. The van der Waals surface area contributed by atoms with E-state index in [0.29, 0.717) is 13.1 Å². The molecule has 0 saturated heterocycles. The topological polar surface area (TPSA) is 23.5 Å². The second-order valence-corrected chi connectivity index (χ2v) is 6.53. The van der Waals surface area contributed by atoms with Crippen LogP contribution in [0, 0.1) is 12.7 Å². The minimum absolute atomic E-state index is 0.218. The van der Waals surface area contributed by atoms with E-state index in [1.165, 1.54) is 21.9 Å². The second kappa shape index (κ2) is 6.97. The molecule has 1 atom stereocenters. The lowest BCUT2D eigenvalue weighted by Crippen LogP contribution is -2.30. The number of halogens is 1. The van der Waals surface area contributed by atoms with Crippen LogP contribution in [-0.4, -0.2) is 22.7 Å². The first-order chi connectivity index (χ1) is 9.52. The fraction of sp³-hybridized carbons (Fsp3) is 0.375. The summed E-state index contributed by atoms with van der Waals surface area (Å²) in [5.41, 5.74) is 1.06. The Labute approximate surface area is 123 Å². The molecule has 0 aliphatic carbocycles. The molecule has 0 amide bonds. The predicted octanol–water partition coefficient (Wildman–Crippen LogP) is 3.58. The molecular formula is C16H20FNOS. The van der Waals surface area contributed by atoms with E-state index in [0.717, 1.165) is 12.1 Å². The summed E-state index contributed by atoms with van der Waals surface area (Å²) in [5, 5.41) is 9.63. The zero-order chi connectivity index (χ0) is 14.5. The Bertz CT molecular complexity index is 536. The molecule has 1 aromatic carbocycles. The van der Waals surface area contributed by atoms with Crippen molar-refractivity contribution in [3.8, 4) is 0 Å². The lowest BCUT2D eigenvalue weighted by molar-refractivity contribution is 0.119. The molecular weight excluding hydrogens is 273 g/mol. The van der Waals surface area contributed by atoms with Gasteiger partial charge in [0.2, 0.25) is 0 Å². The van der Waals surface area contributed by atoms with E-state index in [9.17, 15) is 9.50 Å². The highest BCUT2D eigenvalue weighted by atomic mass is 32.1. The third-order valence-corrected chi connectivity index (χ3v) is 4.00. The Morgan fingerprint density at radius 2 is 1.85 bits per heavy atom. The highest BCUT2D eigenvalue weighted by Crippen LogP contribution is 2.18. The summed E-state index contributed by atoms with van der Waals surface area (Å²) in [7, 11) is 0. The predicted molar refractivity (Wildman–Crippen MR) is 81.3 cm³/mol. The van der Waals surface area contributed by atoms with Crippen molar-refractivity contribution in [3.63, 3.8) is 0 Å². The number of aliphatic hydroxyl groups excluding tert-OH is 1. The first-order valence-corrected chi connectivity index (χ1v) is 7.55. The van der Waals surface area contributed by atoms with Gasteiger partial charge in [-0.05, 0) is 43.7 Å². The number of hydrogen-bond donors (Lipinski definition) is 1. The van der Waals surface area contributed by atoms with E-state index < -0.39 is 0 Å². The van der Waals surface area contributed by atoms with E-state index in [1.807, 2.05) is 0 Å². The number of rotatable bonds is 6. The van der Waals surface area contributed by atoms with E-state index in [4.69, 9.17) is 0 Å². The lowest BCUT2D eigenvalue weighted by atomic mass is 10.2. The molecule has 0 radical (unpaired) electrons. The number of aryl methyl sites for hydroxylation is 1. The van der Waals surface area contributed by atoms with Crippen molar-refractivity contribution >= 4 is 11.3 Å². The fourth-order valence-corrected chi connectivity index (χ4v) is 3.13. The molecule has 0 spiro atoms. The zero-order valence-electron chi connectivity index (χ0n) is 11.8. The average Bonchev–Trinajstić information content (AvgIpc) is 2.77. The quantitative estimate of drug-likeness (QED) is 0.880. The van der Waals surface area contributed by atoms with Crippen LogP contribution < -0.4 is 0 Å². The fourth-order valence-electron chi connectivity index (χ4n) is 2.20. The van der Waals surface area contributed by atoms with Crippen LogP contribution in [0.1, 0.15) is 22.2 Å². The van der Waals surface area contributed by atoms with Crippen LogP contribution in [0.25, 0.3) is 0 Å². The van der Waals surface area contributed by atoms with Crippen molar-refractivity contribution in [1.29, 1.82) is 0 Å². The maximum Gasteiger partial charge on any atom is 0.123 e. The number of hydrogen-bond acceptors (Lipinski definition) is 3. The van der Waals surface area contributed by atoms with Crippen LogP contribution >= 0.6 is 11.3 Å². The maximum absolute atomic E-state index is 12.9. The molecule has 0 fully saturated rings. The summed E-state index contributed by atoms with van der Waals surface area (Å²) >= 11 is 1.77. The number of nitrogens with zero attached hydrogens (tertiary/aromatic N) is 1. The summed E-state index contributed by atoms with van der Waals surface area (Å²) in [6.07, 6.45) is -0.378. The maximum atomic E-state index is 12.9. The van der Waals surface area contributed by atoms with Gasteiger partial charge in [-0.3, -0.25) is 4.90 Å². The Kier molecular flexibility index (Phi) is 5.29. The van der Waals surface area contributed by atoms with Gasteiger partial charge in [-0.2, -0.15) is 0 Å². The largest absolute Gasteiger partial charge is 0.392 e. The van der Waals surface area contributed by atoms with E-state index in [2.05, 4.69) is 24.0 Å². The second-order valence-electron chi connectivity index (χ2n) is 5.16. The van der Waals surface area contributed by atoms with Crippen molar-refractivity contribution in [1.82, 2.24) is 4.90 Å². The Morgan fingerprint density at radius 3 is 2.40 bits per heavy atom. The number of thiophene rings is 1. The molecule has 0 aliphatic rings. The van der Waals surface area contributed by atoms with Crippen LogP contribution in [0.2, 0.25) is 0 Å². The molecule has 20 heavy (non-hydrogen) atoms. The van der Waals surface area contributed by atoms with Crippen molar-refractivity contribution in [2.24, 2.45) is 0 Å². The van der Waals surface area contributed by atoms with Gasteiger partial charge in [0.15, 0.2) is 0 Å². The third-order valence-electron chi connectivity index (χ3n) is 3.02. The standard InChI is InChI=1S/C16H20FNOS/c1-12(19)9-18(11-16-8-3-13(2)20-16)10-14-4-6-15(17)7-5-14/h3-8,12,19H,9-11H2,1-2H3/t12-/m0/s1. The van der Waals surface area contributed by atoms with Crippen molar-refractivity contribution in [3.05, 3.63) is 57.5 Å². The van der Waals surface area contributed by atoms with Crippen LogP contribution in [0.5, 0.6) is 0 Å². The SMILES string of the molecule is Cc1ccc(CN(Cc2ccc(F)cc2)C[C@H](C)O)s1. The minimum atomic E-state index is -0.378. The number of benzene rings is 1. The van der Waals surface area contributed by atoms with Crippen molar-refractivity contribution in [2.75, 3.05) is 6.54 Å². The molecule has 2 nitrogen and oxygen atoms in total. The highest BCUT2D eigenvalue weighted by Gasteiger charge is 2.11. The van der Waals surface area contributed by atoms with E-state index in [1.54, 1.807) is 30.4 Å². The summed E-state index contributed by atoms with van der Waals surface area (Å²) in [4.78, 5) is 4.76. The molecule has 0 bridgehead atoms. The summed E-state index contributed by atoms with van der Waals surface area (Å²) in [6, 6.07) is 10.8. The normalized spacial score (nSPS) is 12.8. The van der Waals surface area contributed by atoms with Gasteiger partial charge in [-0.15, -0.1) is 11.3 Å². The minimum Gasteiger partial charge on any atom is -0.392 e. The van der Waals surface area contributed by atoms with Crippen molar-refractivity contribution < 1.29 is 9.50 Å². The first-order valence-electron chi connectivity index (χ1n) is 6.73. The molecule has 1 aromatic heterocycles. The monoisotopic (exact) mass is 293 g/mol. The van der Waals surface area contributed by atoms with Gasteiger partial charge in [-0.1, -0.05) is 12.1 Å². The number of aliphatic hydroxyl groups is 1. The van der Waals surface area contributed by atoms with Gasteiger partial charge in [0.1, 0.15) is 5.82 Å². The summed E-state index contributed by atoms with van der Waals surface area (Å²) in [6.45, 7) is 6.00. The smallest absolute Gasteiger partial charge is 0.123 e. The third kappa shape index (κ3) is 4.71. The van der Waals surface area contributed by atoms with Gasteiger partial charge in [0.05, 0.1) is 6.10 Å². The van der Waals surface area contributed by atoms with Crippen LogP contribution in [0.15, 0.2) is 36.4 Å². The molecule has 2 rings (SSSR count). The summed E-state index contributed by atoms with van der Waals surface area (Å²) < 4.78 is 12.9. The molecule has 0 aliphatic heterocycles. The van der Waals surface area contributed by atoms with Crippen LogP contribution in [0.3, 0.4) is 0 Å². The molecule has 1 heterocycles. The van der Waals surface area contributed by atoms with Crippen LogP contribution in [0.4, 0.5) is 4.39 Å². The van der Waals surface area contributed by atoms with E-state index >= 15 is 0 Å². The molecule has 0 unspecified atom stereocenters. The molecule has 1 N–H and O–H groups in total. The average molecular weight is 293 g/mol. The van der Waals surface area contributed by atoms with Gasteiger partial charge in [-0.25, -0.2) is 4.39 Å². The Hall–Kier alpha value is -1.23. The lowest BCUT2D eigenvalue weighted by Gasteiger charge is -2.23. The van der Waals surface area contributed by atoms with Gasteiger partial charge < -0.3 is 5.11 Å². The first kappa shape index (κ1) is 15.2. The van der Waals surface area contributed by atoms with Crippen LogP contribution in [-0.2, 0) is 13.1 Å². The van der Waals surface area contributed by atoms with E-state index in [-0.39, 0.29) is 11.9 Å². The van der Waals surface area contributed by atoms with Gasteiger partial charge in [0.25, 0.3) is 0 Å². The highest BCUT2D eigenvalue weighted by molar-refractivity contribution is 7.11. The Morgan fingerprint density at radius 1 is 1.15 bits per heavy atom. The van der Waals surface area contributed by atoms with Gasteiger partial charge >= 0.3 is 0 Å². The van der Waals surface area contributed by atoms with Crippen molar-refractivity contribution in [2.45, 2.75) is 33.0 Å². The molecule has 2 aromatic rings. The molecule has 108 valence electrons. The molecule has 0 saturated carbocycles. The Balaban J connectivity index is 2.04.